The van der Waals surface area contributed by atoms with Crippen LogP contribution in [0.15, 0.2) is 42.6 Å². The molecule has 318 valence electrons. The number of amides is 4. The number of hydrogen-bond acceptors (Lipinski definition) is 10. The van der Waals surface area contributed by atoms with Crippen LogP contribution in [0.25, 0.3) is 10.8 Å². The van der Waals surface area contributed by atoms with Gasteiger partial charge >= 0.3 is 6.09 Å². The van der Waals surface area contributed by atoms with Gasteiger partial charge in [0.15, 0.2) is 5.60 Å². The summed E-state index contributed by atoms with van der Waals surface area (Å²) in [6.07, 6.45) is 4.63. The maximum atomic E-state index is 14.8. The molecule has 2 aliphatic carbocycles. The maximum Gasteiger partial charge on any atom is 0.408 e. The van der Waals surface area contributed by atoms with Gasteiger partial charge in [-0.15, -0.1) is 0 Å². The molecule has 14 nitrogen and oxygen atoms in total. The summed E-state index contributed by atoms with van der Waals surface area (Å²) >= 11 is 0. The molecule has 2 aliphatic heterocycles. The molecule has 6 rings (SSSR count). The fraction of sp³-hybridized carbons (Fsp3) is 0.625. The van der Waals surface area contributed by atoms with Crippen LogP contribution in [-0.4, -0.2) is 102 Å². The summed E-state index contributed by atoms with van der Waals surface area (Å²) in [5, 5.41) is 6.64. The van der Waals surface area contributed by atoms with Crippen LogP contribution < -0.4 is 24.8 Å². The number of carbonyl (C=O) groups is 4. The van der Waals surface area contributed by atoms with E-state index in [0.29, 0.717) is 37.3 Å². The second-order valence-electron chi connectivity index (χ2n) is 16.9. The van der Waals surface area contributed by atoms with E-state index >= 15 is 0 Å². The third kappa shape index (κ3) is 8.57. The molecule has 2 aromatic rings. The van der Waals surface area contributed by atoms with Gasteiger partial charge in [0.05, 0.1) is 13.7 Å². The van der Waals surface area contributed by atoms with E-state index in [1.54, 1.807) is 37.3 Å². The molecule has 1 aromatic heterocycles. The van der Waals surface area contributed by atoms with E-state index < -0.39 is 92.3 Å². The van der Waals surface area contributed by atoms with Gasteiger partial charge in [-0.25, -0.2) is 31.4 Å². The van der Waals surface area contributed by atoms with Gasteiger partial charge in [0.25, 0.3) is 11.8 Å². The second kappa shape index (κ2) is 15.9. The van der Waals surface area contributed by atoms with Crippen molar-refractivity contribution < 1.29 is 55.0 Å². The van der Waals surface area contributed by atoms with E-state index in [4.69, 9.17) is 14.2 Å². The standard InChI is InChI=1S/C40H52F3N5O9S/c1-23-9-7-8-10-26-20-40(26,35(51)47-58(53,54)39(22-41)14-15-39)46-32(49)30-19-28(56-33-29-12-11-27(55-6)18-25(29)13-16-44-33)21-48(30)34(50)31(24(2)17-23)45-36(52)57-37(3,4)38(5,42)43/h8,10-13,16,18,23-24,26,28,30-31H,7,9,14-15,17,19-22H2,1-6H3,(H,45,52)(H,46,49)(H,47,51)/b10-8-/t23-,24-,26?,28-,30+,31+,40-/m1/s1. The van der Waals surface area contributed by atoms with Gasteiger partial charge in [0, 0.05) is 30.8 Å². The quantitative estimate of drug-likeness (QED) is 0.277. The molecule has 7 atom stereocenters. The summed E-state index contributed by atoms with van der Waals surface area (Å²) in [7, 11) is -2.90. The van der Waals surface area contributed by atoms with Crippen molar-refractivity contribution >= 4 is 44.6 Å². The number of benzene rings is 1. The number of carbonyl (C=O) groups excluding carboxylic acids is 4. The molecule has 1 unspecified atom stereocenters. The Bertz CT molecular complexity index is 2070. The first-order valence-electron chi connectivity index (χ1n) is 19.5. The number of alkyl halides is 3. The minimum Gasteiger partial charge on any atom is -0.497 e. The summed E-state index contributed by atoms with van der Waals surface area (Å²) in [4.78, 5) is 62.1. The van der Waals surface area contributed by atoms with Crippen molar-refractivity contribution in [3.63, 3.8) is 0 Å². The predicted molar refractivity (Wildman–Crippen MR) is 206 cm³/mol. The SMILES string of the molecule is COc1ccc2c(O[C@@H]3C[C@H]4C(=O)N[C@]5(C(=O)NS(=O)(=O)C6(CF)CC6)CC5/C=C\CC[C@@H](C)C[C@@H](C)[C@H](NC(=O)OC(C)(C)C(C)(F)F)C(=O)N4C3)nccc2c1. The van der Waals surface area contributed by atoms with Crippen molar-refractivity contribution in [3.8, 4) is 11.6 Å². The third-order valence-corrected chi connectivity index (χ3v) is 14.3. The fourth-order valence-electron chi connectivity index (χ4n) is 7.74. The molecule has 1 aromatic carbocycles. The Kier molecular flexibility index (Phi) is 11.8. The molecular formula is C40H52F3N5O9S. The van der Waals surface area contributed by atoms with E-state index in [9.17, 15) is 40.8 Å². The van der Waals surface area contributed by atoms with Gasteiger partial charge in [0.1, 0.15) is 40.9 Å². The highest BCUT2D eigenvalue weighted by molar-refractivity contribution is 7.91. The van der Waals surface area contributed by atoms with Gasteiger partial charge in [-0.3, -0.25) is 19.1 Å². The van der Waals surface area contributed by atoms with Crippen molar-refractivity contribution in [1.29, 1.82) is 0 Å². The average Bonchev–Trinajstić information content (AvgIpc) is 4.05. The predicted octanol–water partition coefficient (Wildman–Crippen LogP) is 4.96. The molecule has 0 spiro atoms. The Morgan fingerprint density at radius 2 is 1.83 bits per heavy atom. The van der Waals surface area contributed by atoms with Gasteiger partial charge in [-0.05, 0) is 93.9 Å². The molecule has 1 saturated heterocycles. The smallest absolute Gasteiger partial charge is 0.408 e. The number of nitrogens with one attached hydrogen (secondary N) is 3. The minimum atomic E-state index is -4.44. The van der Waals surface area contributed by atoms with E-state index in [0.717, 1.165) is 19.2 Å². The topological polar surface area (TPSA) is 182 Å². The van der Waals surface area contributed by atoms with Crippen LogP contribution in [0, 0.1) is 17.8 Å². The highest BCUT2D eigenvalue weighted by atomic mass is 32.2. The van der Waals surface area contributed by atoms with Crippen molar-refractivity contribution in [2.24, 2.45) is 17.8 Å². The number of fused-ring (bicyclic) bond motifs is 3. The number of rotatable bonds is 10. The number of sulfonamides is 1. The van der Waals surface area contributed by atoms with Crippen LogP contribution >= 0.6 is 0 Å². The third-order valence-electron chi connectivity index (χ3n) is 12.2. The van der Waals surface area contributed by atoms with Crippen molar-refractivity contribution in [2.75, 3.05) is 20.3 Å². The van der Waals surface area contributed by atoms with E-state index in [2.05, 4.69) is 15.6 Å². The van der Waals surface area contributed by atoms with E-state index in [1.807, 2.05) is 17.7 Å². The number of nitrogens with zero attached hydrogens (tertiary/aromatic N) is 2. The molecular weight excluding hydrogens is 784 g/mol. The lowest BCUT2D eigenvalue weighted by atomic mass is 9.88. The molecule has 4 amide bonds. The highest BCUT2D eigenvalue weighted by Gasteiger charge is 2.64. The number of ether oxygens (including phenoxy) is 3. The molecule has 0 bridgehead atoms. The average molecular weight is 836 g/mol. The zero-order valence-corrected chi connectivity index (χ0v) is 34.3. The summed E-state index contributed by atoms with van der Waals surface area (Å²) < 4.78 is 86.2. The van der Waals surface area contributed by atoms with E-state index in [-0.39, 0.29) is 44.0 Å². The van der Waals surface area contributed by atoms with Crippen LogP contribution in [0.2, 0.25) is 0 Å². The van der Waals surface area contributed by atoms with Crippen LogP contribution in [0.1, 0.15) is 79.6 Å². The van der Waals surface area contributed by atoms with Gasteiger partial charge in [-0.2, -0.15) is 0 Å². The molecule has 0 radical (unpaired) electrons. The van der Waals surface area contributed by atoms with Gasteiger partial charge < -0.3 is 29.7 Å². The number of alkyl carbamates (subject to hydrolysis) is 1. The maximum absolute atomic E-state index is 14.8. The summed E-state index contributed by atoms with van der Waals surface area (Å²) in [5.41, 5.74) is -3.96. The summed E-state index contributed by atoms with van der Waals surface area (Å²) in [5.74, 6) is -6.35. The molecule has 3 heterocycles. The monoisotopic (exact) mass is 835 g/mol. The Hall–Kier alpha value is -4.61. The highest BCUT2D eigenvalue weighted by Crippen LogP contribution is 2.48. The normalized spacial score (nSPS) is 29.4. The first kappa shape index (κ1) is 43.0. The van der Waals surface area contributed by atoms with Crippen molar-refractivity contribution in [3.05, 3.63) is 42.6 Å². The van der Waals surface area contributed by atoms with Crippen molar-refractivity contribution in [1.82, 2.24) is 25.2 Å². The summed E-state index contributed by atoms with van der Waals surface area (Å²) in [6.45, 7) is 5.05. The Balaban J connectivity index is 1.35. The molecule has 2 saturated carbocycles. The number of allylic oxidation sites excluding steroid dienone is 1. The zero-order valence-electron chi connectivity index (χ0n) is 33.5. The van der Waals surface area contributed by atoms with Crippen LogP contribution in [0.4, 0.5) is 18.0 Å². The minimum absolute atomic E-state index is 0.0107. The number of methoxy groups -OCH3 is 1. The van der Waals surface area contributed by atoms with Gasteiger partial charge in [0.2, 0.25) is 27.7 Å². The van der Waals surface area contributed by atoms with Gasteiger partial charge in [-0.1, -0.05) is 26.0 Å². The summed E-state index contributed by atoms with van der Waals surface area (Å²) in [6, 6.07) is 4.37. The number of halogens is 3. The zero-order chi connectivity index (χ0) is 42.4. The number of pyridine rings is 1. The molecule has 4 aliphatic rings. The lowest BCUT2D eigenvalue weighted by Crippen LogP contribution is -2.60. The van der Waals surface area contributed by atoms with Crippen LogP contribution in [0.3, 0.4) is 0 Å². The molecule has 58 heavy (non-hydrogen) atoms. The first-order chi connectivity index (χ1) is 27.2. The van der Waals surface area contributed by atoms with Crippen LogP contribution in [0.5, 0.6) is 11.6 Å². The number of aromatic nitrogens is 1. The largest absolute Gasteiger partial charge is 0.497 e. The first-order valence-corrected chi connectivity index (χ1v) is 21.0. The lowest BCUT2D eigenvalue weighted by Gasteiger charge is -2.35. The van der Waals surface area contributed by atoms with Crippen molar-refractivity contribution in [2.45, 2.75) is 120 Å². The van der Waals surface area contributed by atoms with Crippen LogP contribution in [-0.2, 0) is 29.1 Å². The fourth-order valence-corrected chi connectivity index (χ4v) is 9.16. The Labute approximate surface area is 336 Å². The lowest BCUT2D eigenvalue weighted by molar-refractivity contribution is -0.152. The number of hydrogen-bond donors (Lipinski definition) is 3. The molecule has 3 N–H and O–H groups in total. The second-order valence-corrected chi connectivity index (χ2v) is 19.0. The Morgan fingerprint density at radius 1 is 1.10 bits per heavy atom. The van der Waals surface area contributed by atoms with E-state index in [1.165, 1.54) is 18.2 Å². The molecule has 3 fully saturated rings. The molecule has 18 heteroatoms. The Morgan fingerprint density at radius 3 is 2.48 bits per heavy atom.